The van der Waals surface area contributed by atoms with Gasteiger partial charge in [0.2, 0.25) is 0 Å². The van der Waals surface area contributed by atoms with Gasteiger partial charge in [0.05, 0.1) is 0 Å². The second-order valence-electron chi connectivity index (χ2n) is 4.12. The van der Waals surface area contributed by atoms with E-state index in [9.17, 15) is 4.55 Å². The zero-order valence-electron chi connectivity index (χ0n) is 10.4. The van der Waals surface area contributed by atoms with Crippen LogP contribution in [-0.2, 0) is 16.9 Å². The summed E-state index contributed by atoms with van der Waals surface area (Å²) in [6.07, 6.45) is 1.86. The van der Waals surface area contributed by atoms with Gasteiger partial charge in [0.1, 0.15) is 11.2 Å². The van der Waals surface area contributed by atoms with Crippen molar-refractivity contribution in [3.63, 3.8) is 0 Å². The lowest BCUT2D eigenvalue weighted by Crippen LogP contribution is -2.00. The normalized spacial score (nSPS) is 12.8. The first-order valence-corrected chi connectivity index (χ1v) is 9.01. The molecule has 2 rings (SSSR count). The maximum Gasteiger partial charge on any atom is 0.137 e. The van der Waals surface area contributed by atoms with Gasteiger partial charge in [-0.15, -0.1) is 0 Å². The largest absolute Gasteiger partial charge is 0.612 e. The minimum atomic E-state index is -1.10. The van der Waals surface area contributed by atoms with Crippen molar-refractivity contribution in [3.8, 4) is 0 Å². The van der Waals surface area contributed by atoms with Gasteiger partial charge >= 0.3 is 0 Å². The molecule has 0 amide bonds. The molecule has 104 valence electrons. The first-order valence-electron chi connectivity index (χ1n) is 5.79. The summed E-state index contributed by atoms with van der Waals surface area (Å²) in [4.78, 5) is 0. The molecule has 20 heavy (non-hydrogen) atoms. The first-order chi connectivity index (χ1) is 9.54. The van der Waals surface area contributed by atoms with Crippen LogP contribution in [0.3, 0.4) is 0 Å². The first kappa shape index (κ1) is 16.2. The second kappa shape index (κ2) is 7.71. The van der Waals surface area contributed by atoms with E-state index in [0.717, 1.165) is 11.1 Å². The summed E-state index contributed by atoms with van der Waals surface area (Å²) < 4.78 is 13.2. The van der Waals surface area contributed by atoms with E-state index in [-0.39, 0.29) is 0 Å². The van der Waals surface area contributed by atoms with Crippen LogP contribution in [0.5, 0.6) is 0 Å². The van der Waals surface area contributed by atoms with Gasteiger partial charge in [-0.05, 0) is 69.7 Å². The van der Waals surface area contributed by atoms with Gasteiger partial charge in [0.25, 0.3) is 0 Å². The third-order valence-corrected chi connectivity index (χ3v) is 4.94. The summed E-state index contributed by atoms with van der Waals surface area (Å²) in [5, 5.41) is 2.82. The fraction of sp³-hybridized carbons (Fsp3) is 0.0667. The summed E-state index contributed by atoms with van der Waals surface area (Å²) in [5.74, 6) is 0.386. The van der Waals surface area contributed by atoms with Crippen LogP contribution in [0.4, 0.5) is 0 Å². The fourth-order valence-corrected chi connectivity index (χ4v) is 3.45. The topological polar surface area (TPSA) is 23.1 Å². The van der Waals surface area contributed by atoms with Crippen LogP contribution in [-0.4, -0.2) is 4.55 Å². The van der Waals surface area contributed by atoms with Crippen LogP contribution < -0.4 is 0 Å². The van der Waals surface area contributed by atoms with Gasteiger partial charge in [0.15, 0.2) is 0 Å². The standard InChI is InChI=1S/C15H11Cl2IOS/c16-13-4-3-12(15(17)9-13)10-20(19)8-7-11-1-5-14(18)6-2-11/h1-9H,10H2. The van der Waals surface area contributed by atoms with Crippen molar-refractivity contribution in [2.24, 2.45) is 0 Å². The Bertz CT molecular complexity index is 614. The number of hydrogen-bond acceptors (Lipinski definition) is 1. The molecule has 0 fully saturated rings. The smallest absolute Gasteiger partial charge is 0.137 e. The highest BCUT2D eigenvalue weighted by molar-refractivity contribution is 14.1. The van der Waals surface area contributed by atoms with Gasteiger partial charge in [0, 0.05) is 19.2 Å². The van der Waals surface area contributed by atoms with Crippen LogP contribution in [0.15, 0.2) is 47.9 Å². The predicted octanol–water partition coefficient (Wildman–Crippen LogP) is 5.52. The minimum Gasteiger partial charge on any atom is -0.612 e. The molecule has 5 heteroatoms. The van der Waals surface area contributed by atoms with E-state index in [1.807, 2.05) is 30.3 Å². The van der Waals surface area contributed by atoms with Gasteiger partial charge in [-0.2, -0.15) is 0 Å². The van der Waals surface area contributed by atoms with Crippen molar-refractivity contribution in [3.05, 3.63) is 72.6 Å². The molecule has 1 nitrogen and oxygen atoms in total. The Morgan fingerprint density at radius 3 is 2.45 bits per heavy atom. The highest BCUT2D eigenvalue weighted by Crippen LogP contribution is 2.23. The molecular weight excluding hydrogens is 426 g/mol. The highest BCUT2D eigenvalue weighted by Gasteiger charge is 2.08. The van der Waals surface area contributed by atoms with Crippen molar-refractivity contribution in [2.45, 2.75) is 5.75 Å². The summed E-state index contributed by atoms with van der Waals surface area (Å²) in [6, 6.07) is 13.2. The van der Waals surface area contributed by atoms with E-state index in [2.05, 4.69) is 22.6 Å². The molecule has 0 aromatic heterocycles. The van der Waals surface area contributed by atoms with Crippen molar-refractivity contribution in [1.82, 2.24) is 0 Å². The maximum absolute atomic E-state index is 12.0. The van der Waals surface area contributed by atoms with Crippen LogP contribution in [0.2, 0.25) is 10.0 Å². The molecule has 1 unspecified atom stereocenters. The third kappa shape index (κ3) is 4.97. The third-order valence-electron chi connectivity index (χ3n) is 2.60. The summed E-state index contributed by atoms with van der Waals surface area (Å²) in [7, 11) is 0. The van der Waals surface area contributed by atoms with Gasteiger partial charge < -0.3 is 4.55 Å². The van der Waals surface area contributed by atoms with E-state index in [1.54, 1.807) is 23.6 Å². The molecular formula is C15H11Cl2IOS. The van der Waals surface area contributed by atoms with Crippen LogP contribution in [0.1, 0.15) is 11.1 Å². The zero-order chi connectivity index (χ0) is 14.5. The Labute approximate surface area is 145 Å². The number of hydrogen-bond donors (Lipinski definition) is 0. The Hall–Kier alpha value is -0.200. The van der Waals surface area contributed by atoms with E-state index < -0.39 is 11.2 Å². The highest BCUT2D eigenvalue weighted by atomic mass is 127. The molecule has 0 heterocycles. The quantitative estimate of drug-likeness (QED) is 0.457. The average molecular weight is 437 g/mol. The van der Waals surface area contributed by atoms with E-state index in [1.165, 1.54) is 3.57 Å². The van der Waals surface area contributed by atoms with Crippen molar-refractivity contribution >= 4 is 63.0 Å². The monoisotopic (exact) mass is 436 g/mol. The second-order valence-corrected chi connectivity index (χ2v) is 7.53. The predicted molar refractivity (Wildman–Crippen MR) is 96.5 cm³/mol. The molecule has 1 atom stereocenters. The molecule has 0 saturated heterocycles. The number of rotatable bonds is 4. The van der Waals surface area contributed by atoms with E-state index in [0.29, 0.717) is 15.8 Å². The minimum absolute atomic E-state index is 0.386. The van der Waals surface area contributed by atoms with E-state index >= 15 is 0 Å². The Balaban J connectivity index is 2.01. The van der Waals surface area contributed by atoms with Gasteiger partial charge in [-0.3, -0.25) is 0 Å². The molecule has 2 aromatic carbocycles. The van der Waals surface area contributed by atoms with Crippen molar-refractivity contribution in [1.29, 1.82) is 0 Å². The maximum atomic E-state index is 12.0. The summed E-state index contributed by atoms with van der Waals surface area (Å²) >= 11 is 13.0. The molecule has 0 aliphatic rings. The SMILES string of the molecule is [O-][S+](C=Cc1ccc(I)cc1)Cc1ccc(Cl)cc1Cl. The lowest BCUT2D eigenvalue weighted by atomic mass is 10.2. The number of benzene rings is 2. The van der Waals surface area contributed by atoms with Crippen LogP contribution in [0.25, 0.3) is 6.08 Å². The molecule has 0 aliphatic heterocycles. The summed E-state index contributed by atoms with van der Waals surface area (Å²) in [5.41, 5.74) is 1.86. The molecule has 0 saturated carbocycles. The fourth-order valence-electron chi connectivity index (χ4n) is 1.57. The van der Waals surface area contributed by atoms with Crippen LogP contribution >= 0.6 is 45.8 Å². The van der Waals surface area contributed by atoms with Gasteiger partial charge in [-0.25, -0.2) is 0 Å². The molecule has 0 radical (unpaired) electrons. The zero-order valence-corrected chi connectivity index (χ0v) is 14.8. The Kier molecular flexibility index (Phi) is 6.23. The molecule has 2 aromatic rings. The molecule has 0 N–H and O–H groups in total. The summed E-state index contributed by atoms with van der Waals surface area (Å²) in [6.45, 7) is 0. The molecule has 0 aliphatic carbocycles. The lowest BCUT2D eigenvalue weighted by Gasteiger charge is -2.07. The van der Waals surface area contributed by atoms with Crippen LogP contribution in [0, 0.1) is 3.57 Å². The Morgan fingerprint density at radius 1 is 1.10 bits per heavy atom. The van der Waals surface area contributed by atoms with Crippen molar-refractivity contribution < 1.29 is 4.55 Å². The molecule has 0 spiro atoms. The number of halogens is 3. The van der Waals surface area contributed by atoms with E-state index in [4.69, 9.17) is 23.2 Å². The van der Waals surface area contributed by atoms with Gasteiger partial charge in [-0.1, -0.05) is 41.4 Å². The molecule has 0 bridgehead atoms. The Morgan fingerprint density at radius 2 is 1.80 bits per heavy atom. The lowest BCUT2D eigenvalue weighted by molar-refractivity contribution is 0.603. The average Bonchev–Trinajstić information content (AvgIpc) is 2.41. The van der Waals surface area contributed by atoms with Crippen molar-refractivity contribution in [2.75, 3.05) is 0 Å².